The molecule has 164 valence electrons. The highest BCUT2D eigenvalue weighted by molar-refractivity contribution is 5.79. The van der Waals surface area contributed by atoms with Gasteiger partial charge < -0.3 is 4.90 Å². The van der Waals surface area contributed by atoms with Crippen molar-refractivity contribution >= 4 is 16.8 Å². The molecule has 5 heteroatoms. The minimum absolute atomic E-state index is 0.102. The smallest absolute Gasteiger partial charge is 0.266 e. The van der Waals surface area contributed by atoms with Gasteiger partial charge in [0.15, 0.2) is 0 Å². The number of hydrogen-bond donors (Lipinski definition) is 0. The number of aryl methyl sites for hydroxylation is 1. The van der Waals surface area contributed by atoms with Crippen molar-refractivity contribution in [2.24, 2.45) is 0 Å². The number of aromatic nitrogens is 2. The molecular formula is C26H33N3O2. The number of amides is 1. The number of fused-ring (bicyclic) bond motifs is 1. The average molecular weight is 420 g/mol. The predicted octanol–water partition coefficient (Wildman–Crippen LogP) is 5.44. The summed E-state index contributed by atoms with van der Waals surface area (Å²) < 4.78 is 1.69. The predicted molar refractivity (Wildman–Crippen MR) is 127 cm³/mol. The van der Waals surface area contributed by atoms with E-state index >= 15 is 0 Å². The summed E-state index contributed by atoms with van der Waals surface area (Å²) in [6.45, 7) is 8.88. The lowest BCUT2D eigenvalue weighted by Crippen LogP contribution is -2.38. The van der Waals surface area contributed by atoms with Crippen LogP contribution in [-0.4, -0.2) is 26.9 Å². The molecule has 0 aliphatic heterocycles. The second-order valence-corrected chi connectivity index (χ2v) is 8.01. The first-order valence-corrected chi connectivity index (χ1v) is 11.4. The van der Waals surface area contributed by atoms with Crippen LogP contribution in [0.2, 0.25) is 0 Å². The van der Waals surface area contributed by atoms with Crippen LogP contribution in [0.15, 0.2) is 53.3 Å². The van der Waals surface area contributed by atoms with Gasteiger partial charge in [0.2, 0.25) is 5.91 Å². The molecule has 0 bridgehead atoms. The third kappa shape index (κ3) is 4.87. The third-order valence-electron chi connectivity index (χ3n) is 5.78. The van der Waals surface area contributed by atoms with Crippen LogP contribution in [0, 0.1) is 0 Å². The van der Waals surface area contributed by atoms with E-state index in [0.29, 0.717) is 29.7 Å². The maximum Gasteiger partial charge on any atom is 0.266 e. The molecular weight excluding hydrogens is 386 g/mol. The van der Waals surface area contributed by atoms with E-state index in [0.717, 1.165) is 31.4 Å². The number of carbonyl (C=O) groups excluding carboxylic acids is 1. The van der Waals surface area contributed by atoms with Crippen molar-refractivity contribution in [2.45, 2.75) is 65.8 Å². The van der Waals surface area contributed by atoms with Crippen LogP contribution < -0.4 is 5.56 Å². The first-order valence-electron chi connectivity index (χ1n) is 11.4. The zero-order valence-electron chi connectivity index (χ0n) is 19.1. The summed E-state index contributed by atoms with van der Waals surface area (Å²) >= 11 is 0. The quantitative estimate of drug-likeness (QED) is 0.464. The fourth-order valence-corrected chi connectivity index (χ4v) is 3.92. The molecule has 0 N–H and O–H groups in total. The Hall–Kier alpha value is -2.95. The topological polar surface area (TPSA) is 55.2 Å². The van der Waals surface area contributed by atoms with Gasteiger partial charge >= 0.3 is 0 Å². The van der Waals surface area contributed by atoms with Crippen LogP contribution in [0.5, 0.6) is 0 Å². The van der Waals surface area contributed by atoms with Crippen LogP contribution in [0.3, 0.4) is 0 Å². The minimum Gasteiger partial charge on any atom is -0.333 e. The van der Waals surface area contributed by atoms with Gasteiger partial charge in [-0.05, 0) is 56.0 Å². The van der Waals surface area contributed by atoms with Crippen LogP contribution in [0.1, 0.15) is 70.8 Å². The summed E-state index contributed by atoms with van der Waals surface area (Å²) in [6.07, 6.45) is 4.15. The third-order valence-corrected chi connectivity index (χ3v) is 5.78. The van der Waals surface area contributed by atoms with Crippen LogP contribution in [0.4, 0.5) is 0 Å². The molecule has 0 aliphatic carbocycles. The van der Waals surface area contributed by atoms with Gasteiger partial charge in [0.1, 0.15) is 5.82 Å². The van der Waals surface area contributed by atoms with Crippen LogP contribution in [0.25, 0.3) is 16.6 Å². The molecule has 1 aromatic heterocycles. The van der Waals surface area contributed by atoms with E-state index in [2.05, 4.69) is 13.8 Å². The van der Waals surface area contributed by atoms with Crippen LogP contribution >= 0.6 is 0 Å². The fraction of sp³-hybridized carbons (Fsp3) is 0.423. The molecule has 3 aromatic rings. The lowest BCUT2D eigenvalue weighted by Gasteiger charge is -2.30. The number of unbranched alkanes of at least 4 members (excludes halogenated alkanes) is 1. The number of rotatable bonds is 9. The standard InChI is InChI=1S/C26H33N3O2/c1-5-8-18-28(24(30)11-6-2)19(4)25-27-23-13-10-9-12-22(23)26(31)29(25)21-16-14-20(7-3)15-17-21/h9-10,12-17,19H,5-8,11,18H2,1-4H3. The normalized spacial score (nSPS) is 12.1. The minimum atomic E-state index is -0.311. The summed E-state index contributed by atoms with van der Waals surface area (Å²) in [4.78, 5) is 33.3. The lowest BCUT2D eigenvalue weighted by molar-refractivity contribution is -0.133. The molecule has 1 amide bonds. The molecule has 0 saturated carbocycles. The molecule has 0 radical (unpaired) electrons. The Labute approximate surface area is 184 Å². The monoisotopic (exact) mass is 419 g/mol. The van der Waals surface area contributed by atoms with E-state index in [4.69, 9.17) is 4.98 Å². The molecule has 5 nitrogen and oxygen atoms in total. The summed E-state index contributed by atoms with van der Waals surface area (Å²) in [5.74, 6) is 0.715. The first-order chi connectivity index (χ1) is 15.0. The summed E-state index contributed by atoms with van der Waals surface area (Å²) in [7, 11) is 0. The molecule has 0 spiro atoms. The van der Waals surface area contributed by atoms with Crippen molar-refractivity contribution in [3.8, 4) is 5.69 Å². The number of benzene rings is 2. The second-order valence-electron chi connectivity index (χ2n) is 8.01. The van der Waals surface area contributed by atoms with E-state index in [1.165, 1.54) is 5.56 Å². The molecule has 0 aliphatic rings. The van der Waals surface area contributed by atoms with E-state index in [-0.39, 0.29) is 17.5 Å². The maximum atomic E-state index is 13.6. The highest BCUT2D eigenvalue weighted by Crippen LogP contribution is 2.24. The van der Waals surface area contributed by atoms with Crippen molar-refractivity contribution in [3.63, 3.8) is 0 Å². The van der Waals surface area contributed by atoms with Gasteiger partial charge in [0.05, 0.1) is 22.6 Å². The van der Waals surface area contributed by atoms with Crippen molar-refractivity contribution in [1.82, 2.24) is 14.5 Å². The molecule has 1 atom stereocenters. The Morgan fingerprint density at radius 3 is 2.39 bits per heavy atom. The number of carbonyl (C=O) groups is 1. The number of hydrogen-bond acceptors (Lipinski definition) is 3. The van der Waals surface area contributed by atoms with E-state index in [9.17, 15) is 9.59 Å². The summed E-state index contributed by atoms with van der Waals surface area (Å²) in [5.41, 5.74) is 2.55. The Morgan fingerprint density at radius 1 is 1.03 bits per heavy atom. The molecule has 0 saturated heterocycles. The van der Waals surface area contributed by atoms with Crippen molar-refractivity contribution in [2.75, 3.05) is 6.54 Å². The van der Waals surface area contributed by atoms with Crippen molar-refractivity contribution in [3.05, 3.63) is 70.3 Å². The summed E-state index contributed by atoms with van der Waals surface area (Å²) in [6, 6.07) is 15.1. The first kappa shape index (κ1) is 22.7. The Kier molecular flexibility index (Phi) is 7.61. The molecule has 0 fully saturated rings. The highest BCUT2D eigenvalue weighted by atomic mass is 16.2. The summed E-state index contributed by atoms with van der Waals surface area (Å²) in [5, 5.41) is 0.581. The van der Waals surface area contributed by atoms with E-state index in [1.54, 1.807) is 4.57 Å². The molecule has 3 rings (SSSR count). The lowest BCUT2D eigenvalue weighted by atomic mass is 10.1. The van der Waals surface area contributed by atoms with Crippen molar-refractivity contribution in [1.29, 1.82) is 0 Å². The van der Waals surface area contributed by atoms with E-state index in [1.807, 2.05) is 67.3 Å². The average Bonchev–Trinajstić information content (AvgIpc) is 2.79. The van der Waals surface area contributed by atoms with Gasteiger partial charge in [0.25, 0.3) is 5.56 Å². The molecule has 1 heterocycles. The van der Waals surface area contributed by atoms with Gasteiger partial charge in [-0.3, -0.25) is 14.2 Å². The van der Waals surface area contributed by atoms with Crippen LogP contribution in [-0.2, 0) is 11.2 Å². The van der Waals surface area contributed by atoms with Gasteiger partial charge in [-0.25, -0.2) is 4.98 Å². The SMILES string of the molecule is CCCCN(C(=O)CCC)C(C)c1nc2ccccc2c(=O)n1-c1ccc(CC)cc1. The largest absolute Gasteiger partial charge is 0.333 e. The van der Waals surface area contributed by atoms with Gasteiger partial charge in [-0.2, -0.15) is 0 Å². The zero-order chi connectivity index (χ0) is 22.4. The van der Waals surface area contributed by atoms with Crippen molar-refractivity contribution < 1.29 is 4.79 Å². The molecule has 2 aromatic carbocycles. The Bertz CT molecular complexity index is 1090. The zero-order valence-corrected chi connectivity index (χ0v) is 19.1. The highest BCUT2D eigenvalue weighted by Gasteiger charge is 2.26. The van der Waals surface area contributed by atoms with Gasteiger partial charge in [-0.1, -0.05) is 51.5 Å². The van der Waals surface area contributed by atoms with Gasteiger partial charge in [-0.15, -0.1) is 0 Å². The Balaban J connectivity index is 2.20. The van der Waals surface area contributed by atoms with E-state index < -0.39 is 0 Å². The number of para-hydroxylation sites is 1. The second kappa shape index (κ2) is 10.4. The van der Waals surface area contributed by atoms with Gasteiger partial charge in [0, 0.05) is 13.0 Å². The Morgan fingerprint density at radius 2 is 1.74 bits per heavy atom. The molecule has 1 unspecified atom stereocenters. The molecule has 31 heavy (non-hydrogen) atoms. The maximum absolute atomic E-state index is 13.6. The number of nitrogens with zero attached hydrogens (tertiary/aromatic N) is 3. The fourth-order valence-electron chi connectivity index (χ4n) is 3.92.